The molecule has 0 bridgehead atoms. The summed E-state index contributed by atoms with van der Waals surface area (Å²) in [5.41, 5.74) is 4.67. The maximum Gasteiger partial charge on any atom is 0.668 e. The molecule has 0 spiro atoms. The first-order valence-corrected chi connectivity index (χ1v) is 3.85. The molecule has 0 aliphatic carbocycles. The lowest BCUT2D eigenvalue weighted by molar-refractivity contribution is 0.117. The first kappa shape index (κ1) is 11.7. The van der Waals surface area contributed by atoms with Crippen molar-refractivity contribution in [3.63, 3.8) is 0 Å². The van der Waals surface area contributed by atoms with Crippen LogP contribution in [0.5, 0.6) is 0 Å². The molecule has 0 saturated heterocycles. The molecule has 1 atom stereocenters. The molecular weight excluding hydrogens is 146 g/mol. The van der Waals surface area contributed by atoms with Gasteiger partial charge in [0.15, 0.2) is 0 Å². The zero-order valence-electron chi connectivity index (χ0n) is 4.89. The first-order valence-electron chi connectivity index (χ1n) is 2.06. The Morgan fingerprint density at radius 1 is 1.22 bits per heavy atom. The molecule has 0 aliphatic rings. The summed E-state index contributed by atoms with van der Waals surface area (Å²) in [5.74, 6) is 0. The minimum atomic E-state index is -4.61. The minimum Gasteiger partial charge on any atom is -0.379 e. The Kier molecular flexibility index (Phi) is 6.28. The maximum atomic E-state index is 7.83. The van der Waals surface area contributed by atoms with Crippen molar-refractivity contribution >= 4 is 9.05 Å². The van der Waals surface area contributed by atoms with Gasteiger partial charge in [-0.25, -0.2) is 0 Å². The molecule has 6 nitrogen and oxygen atoms in total. The van der Waals surface area contributed by atoms with Gasteiger partial charge in [0, 0.05) is 0 Å². The summed E-state index contributed by atoms with van der Waals surface area (Å²) < 4.78 is 0. The number of hydrogen-bond donors (Lipinski definition) is 6. The number of rotatable bonds is 0. The fourth-order valence-corrected chi connectivity index (χ4v) is 0. The molecule has 0 aromatic carbocycles. The average Bonchev–Trinajstić information content (AvgIpc) is 1.19. The second kappa shape index (κ2) is 4.82. The van der Waals surface area contributed by atoms with Gasteiger partial charge in [0.1, 0.15) is 0 Å². The first-order chi connectivity index (χ1) is 3.73. The van der Waals surface area contributed by atoms with Crippen LogP contribution in [0.4, 0.5) is 0 Å². The van der Waals surface area contributed by atoms with Crippen LogP contribution in [0.3, 0.4) is 0 Å². The van der Waals surface area contributed by atoms with Gasteiger partial charge in [-0.1, -0.05) is 0 Å². The van der Waals surface area contributed by atoms with Crippen LogP contribution in [0, 0.1) is 0 Å². The third-order valence-electron chi connectivity index (χ3n) is 0. The third kappa shape index (κ3) is 533000. The monoisotopic (exact) mass is 157 g/mol. The van der Waals surface area contributed by atoms with Crippen LogP contribution in [0.15, 0.2) is 0 Å². The molecule has 0 rings (SSSR count). The van der Waals surface area contributed by atoms with Gasteiger partial charge in [-0.15, -0.1) is 0 Å². The second-order valence-electron chi connectivity index (χ2n) is 1.34. The molecular formula is C2H11NO5Si. The van der Waals surface area contributed by atoms with E-state index in [1.54, 1.807) is 0 Å². The number of aliphatic hydroxyl groups excluding tert-OH is 1. The van der Waals surface area contributed by atoms with Crippen molar-refractivity contribution < 1.29 is 24.3 Å². The summed E-state index contributed by atoms with van der Waals surface area (Å²) in [6, 6.07) is 0. The molecule has 0 heterocycles. The topological polar surface area (TPSA) is 127 Å². The van der Waals surface area contributed by atoms with Crippen molar-refractivity contribution in [1.82, 2.24) is 0 Å². The maximum absolute atomic E-state index is 7.83. The van der Waals surface area contributed by atoms with Crippen LogP contribution in [0.2, 0.25) is 0 Å². The van der Waals surface area contributed by atoms with Gasteiger partial charge in [0.05, 0.1) is 6.23 Å². The van der Waals surface area contributed by atoms with Gasteiger partial charge in [-0.3, -0.25) is 0 Å². The van der Waals surface area contributed by atoms with E-state index in [2.05, 4.69) is 5.73 Å². The Morgan fingerprint density at radius 3 is 1.22 bits per heavy atom. The summed E-state index contributed by atoms with van der Waals surface area (Å²) in [6.45, 7) is 1.50. The number of nitrogens with two attached hydrogens (primary N) is 1. The molecule has 58 valence electrons. The van der Waals surface area contributed by atoms with Crippen LogP contribution in [0.25, 0.3) is 0 Å². The smallest absolute Gasteiger partial charge is 0.379 e. The van der Waals surface area contributed by atoms with E-state index in [1.807, 2.05) is 0 Å². The summed E-state index contributed by atoms with van der Waals surface area (Å²) in [4.78, 5) is 29.3. The summed E-state index contributed by atoms with van der Waals surface area (Å²) >= 11 is 0. The predicted molar refractivity (Wildman–Crippen MR) is 30.5 cm³/mol. The highest BCUT2D eigenvalue weighted by Gasteiger charge is 2.22. The average molecular weight is 157 g/mol. The van der Waals surface area contributed by atoms with Gasteiger partial charge in [0.25, 0.3) is 0 Å². The lowest BCUT2D eigenvalue weighted by Crippen LogP contribution is -2.33. The molecule has 9 heavy (non-hydrogen) atoms. The van der Waals surface area contributed by atoms with Crippen molar-refractivity contribution in [3.8, 4) is 0 Å². The van der Waals surface area contributed by atoms with E-state index in [-0.39, 0.29) is 0 Å². The standard InChI is InChI=1S/C2H7NO.H4O4Si/c1-2(3)4;1-5(2,3)4/h2,4H,3H2,1H3;1-4H. The van der Waals surface area contributed by atoms with E-state index < -0.39 is 15.3 Å². The van der Waals surface area contributed by atoms with Crippen molar-refractivity contribution in [2.24, 2.45) is 5.73 Å². The second-order valence-corrected chi connectivity index (χ2v) is 2.54. The highest BCUT2D eigenvalue weighted by molar-refractivity contribution is 6.46. The fourth-order valence-electron chi connectivity index (χ4n) is 0. The Labute approximate surface area is 53.3 Å². The van der Waals surface area contributed by atoms with Crippen molar-refractivity contribution in [1.29, 1.82) is 0 Å². The summed E-state index contributed by atoms with van der Waals surface area (Å²) in [7, 11) is -4.61. The highest BCUT2D eigenvalue weighted by atomic mass is 28.4. The molecule has 0 amide bonds. The van der Waals surface area contributed by atoms with Gasteiger partial charge >= 0.3 is 9.05 Å². The molecule has 0 radical (unpaired) electrons. The lowest BCUT2D eigenvalue weighted by Gasteiger charge is -1.91. The van der Waals surface area contributed by atoms with Crippen LogP contribution in [-0.2, 0) is 0 Å². The van der Waals surface area contributed by atoms with E-state index >= 15 is 0 Å². The molecule has 7 N–H and O–H groups in total. The van der Waals surface area contributed by atoms with Gasteiger partial charge < -0.3 is 30.0 Å². The Morgan fingerprint density at radius 2 is 1.22 bits per heavy atom. The molecule has 7 heteroatoms. The Bertz CT molecular complexity index is 51.7. The van der Waals surface area contributed by atoms with E-state index in [1.165, 1.54) is 6.92 Å². The lowest BCUT2D eigenvalue weighted by atomic mass is 10.7. The van der Waals surface area contributed by atoms with Crippen LogP contribution in [-0.4, -0.2) is 39.6 Å². The van der Waals surface area contributed by atoms with Crippen LogP contribution < -0.4 is 5.73 Å². The zero-order chi connectivity index (χ0) is 8.08. The van der Waals surface area contributed by atoms with Gasteiger partial charge in [0.2, 0.25) is 0 Å². The largest absolute Gasteiger partial charge is 0.668 e. The molecule has 1 unspecified atom stereocenters. The van der Waals surface area contributed by atoms with Gasteiger partial charge in [-0.05, 0) is 6.92 Å². The predicted octanol–water partition coefficient (Wildman–Crippen LogP) is -3.33. The summed E-state index contributed by atoms with van der Waals surface area (Å²) in [6.07, 6.45) is -0.667. The van der Waals surface area contributed by atoms with E-state index in [9.17, 15) is 0 Å². The zero-order valence-corrected chi connectivity index (χ0v) is 5.89. The van der Waals surface area contributed by atoms with E-state index in [4.69, 9.17) is 24.3 Å². The molecule has 0 aliphatic heterocycles. The van der Waals surface area contributed by atoms with Crippen molar-refractivity contribution in [3.05, 3.63) is 0 Å². The van der Waals surface area contributed by atoms with Crippen molar-refractivity contribution in [2.45, 2.75) is 13.2 Å². The van der Waals surface area contributed by atoms with Crippen molar-refractivity contribution in [2.75, 3.05) is 0 Å². The van der Waals surface area contributed by atoms with Gasteiger partial charge in [-0.2, -0.15) is 0 Å². The quantitative estimate of drug-likeness (QED) is 0.161. The summed E-state index contributed by atoms with van der Waals surface area (Å²) in [5, 5.41) is 7.83. The third-order valence-corrected chi connectivity index (χ3v) is 0. The molecule has 0 fully saturated rings. The molecule has 0 saturated carbocycles. The Hall–Kier alpha value is -0.0231. The van der Waals surface area contributed by atoms with E-state index in [0.29, 0.717) is 0 Å². The normalized spacial score (nSPS) is 13.7. The number of hydrogen-bond acceptors (Lipinski definition) is 6. The van der Waals surface area contributed by atoms with Crippen LogP contribution >= 0.6 is 0 Å². The van der Waals surface area contributed by atoms with Crippen LogP contribution in [0.1, 0.15) is 6.92 Å². The Balaban J connectivity index is 0. The minimum absolute atomic E-state index is 0.667. The van der Waals surface area contributed by atoms with E-state index in [0.717, 1.165) is 0 Å². The highest BCUT2D eigenvalue weighted by Crippen LogP contribution is 1.67. The molecule has 0 aromatic heterocycles. The fraction of sp³-hybridized carbons (Fsp3) is 1.00. The number of aliphatic hydroxyl groups is 1. The molecule has 0 aromatic rings. The SMILES string of the molecule is CC(N)O.O[Si](O)(O)O.